The zero-order valence-corrected chi connectivity index (χ0v) is 12.5. The van der Waals surface area contributed by atoms with Crippen molar-refractivity contribution in [1.29, 1.82) is 0 Å². The minimum absolute atomic E-state index is 1.04. The van der Waals surface area contributed by atoms with Crippen LogP contribution in [0.1, 0.15) is 17.4 Å². The lowest BCUT2D eigenvalue weighted by molar-refractivity contribution is 1.52. The fraction of sp³-hybridized carbons (Fsp3) is 0.0556. The Morgan fingerprint density at radius 2 is 2.05 bits per heavy atom. The molecule has 0 saturated heterocycles. The van der Waals surface area contributed by atoms with Crippen molar-refractivity contribution >= 4 is 55.6 Å². The summed E-state index contributed by atoms with van der Waals surface area (Å²) >= 11 is 1.72. The second-order valence-corrected chi connectivity index (χ2v) is 6.02. The maximum absolute atomic E-state index is 4.88. The molecule has 0 bridgehead atoms. The Balaban J connectivity index is 2.15. The van der Waals surface area contributed by atoms with Crippen LogP contribution in [0.25, 0.3) is 44.3 Å². The minimum atomic E-state index is 1.04. The Hall–Kier alpha value is -2.39. The van der Waals surface area contributed by atoms with Crippen molar-refractivity contribution in [3.05, 3.63) is 53.4 Å². The van der Waals surface area contributed by atoms with E-state index in [0.717, 1.165) is 21.4 Å². The molecule has 0 aliphatic carbocycles. The number of allylic oxidation sites excluding steroid dienone is 1. The molecule has 102 valence electrons. The molecule has 0 saturated carbocycles. The van der Waals surface area contributed by atoms with E-state index in [0.29, 0.717) is 0 Å². The van der Waals surface area contributed by atoms with E-state index in [1.54, 1.807) is 11.3 Å². The molecule has 1 N–H and O–H groups in total. The first-order valence-corrected chi connectivity index (χ1v) is 7.72. The van der Waals surface area contributed by atoms with Crippen LogP contribution >= 0.6 is 11.3 Å². The number of nitrogens with one attached hydrogen (secondary N) is 1. The maximum atomic E-state index is 4.88. The average molecular weight is 290 g/mol. The molecule has 0 radical (unpaired) electrons. The SMILES string of the molecule is C=Cc1c(/C=C\C)sc2nc3c(cc12)[nH]c1ccccc13. The summed E-state index contributed by atoms with van der Waals surface area (Å²) in [7, 11) is 0. The smallest absolute Gasteiger partial charge is 0.125 e. The molecular weight excluding hydrogens is 276 g/mol. The molecule has 2 nitrogen and oxygen atoms in total. The lowest BCUT2D eigenvalue weighted by Gasteiger charge is -1.94. The first-order chi connectivity index (χ1) is 10.3. The number of rotatable bonds is 2. The van der Waals surface area contributed by atoms with Gasteiger partial charge in [0.05, 0.1) is 11.0 Å². The Kier molecular flexibility index (Phi) is 2.69. The predicted octanol–water partition coefficient (Wildman–Crippen LogP) is 5.61. The Morgan fingerprint density at radius 1 is 1.19 bits per heavy atom. The molecule has 0 unspecified atom stereocenters. The number of thiophene rings is 1. The molecule has 0 fully saturated rings. The number of benzene rings is 1. The summed E-state index contributed by atoms with van der Waals surface area (Å²) in [6, 6.07) is 10.5. The molecule has 0 aliphatic heterocycles. The van der Waals surface area contributed by atoms with Crippen LogP contribution in [0.2, 0.25) is 0 Å². The van der Waals surface area contributed by atoms with Gasteiger partial charge in [0, 0.05) is 26.7 Å². The van der Waals surface area contributed by atoms with Gasteiger partial charge in [0.2, 0.25) is 0 Å². The third kappa shape index (κ3) is 1.74. The highest BCUT2D eigenvalue weighted by molar-refractivity contribution is 7.19. The number of para-hydroxylation sites is 1. The highest BCUT2D eigenvalue weighted by atomic mass is 32.1. The van der Waals surface area contributed by atoms with Gasteiger partial charge >= 0.3 is 0 Å². The molecule has 21 heavy (non-hydrogen) atoms. The van der Waals surface area contributed by atoms with Crippen LogP contribution in [0.3, 0.4) is 0 Å². The normalized spacial score (nSPS) is 12.0. The molecule has 0 aliphatic rings. The number of hydrogen-bond donors (Lipinski definition) is 1. The number of hydrogen-bond acceptors (Lipinski definition) is 2. The molecule has 3 heteroatoms. The van der Waals surface area contributed by atoms with Gasteiger partial charge in [0.1, 0.15) is 4.83 Å². The standard InChI is InChI=1S/C18H14N2S/c1-3-7-16-11(4-2)13-10-15-17(20-18(13)21-16)12-8-5-6-9-14(12)19-15/h3-10,19H,2H2,1H3/b7-3-. The van der Waals surface area contributed by atoms with Gasteiger partial charge in [-0.2, -0.15) is 0 Å². The van der Waals surface area contributed by atoms with E-state index in [1.165, 1.54) is 21.2 Å². The van der Waals surface area contributed by atoms with Gasteiger partial charge in [-0.25, -0.2) is 4.98 Å². The molecule has 3 aromatic heterocycles. The van der Waals surface area contributed by atoms with Gasteiger partial charge in [-0.05, 0) is 25.1 Å². The summed E-state index contributed by atoms with van der Waals surface area (Å²) in [6.07, 6.45) is 6.10. The number of nitrogens with zero attached hydrogens (tertiary/aromatic N) is 1. The largest absolute Gasteiger partial charge is 0.353 e. The Labute approximate surface area is 126 Å². The topological polar surface area (TPSA) is 28.7 Å². The van der Waals surface area contributed by atoms with E-state index in [2.05, 4.69) is 48.0 Å². The summed E-state index contributed by atoms with van der Waals surface area (Å²) in [5.74, 6) is 0. The zero-order valence-electron chi connectivity index (χ0n) is 11.7. The summed E-state index contributed by atoms with van der Waals surface area (Å²) in [6.45, 7) is 5.98. The van der Waals surface area contributed by atoms with Crippen LogP contribution in [0, 0.1) is 0 Å². The molecule has 4 rings (SSSR count). The third-order valence-corrected chi connectivity index (χ3v) is 4.80. The highest BCUT2D eigenvalue weighted by Gasteiger charge is 2.12. The summed E-state index contributed by atoms with van der Waals surface area (Å²) in [4.78, 5) is 10.6. The van der Waals surface area contributed by atoms with Crippen molar-refractivity contribution in [2.24, 2.45) is 0 Å². The quantitative estimate of drug-likeness (QED) is 0.511. The molecule has 0 amide bonds. The van der Waals surface area contributed by atoms with E-state index in [4.69, 9.17) is 4.98 Å². The molecule has 1 aromatic carbocycles. The van der Waals surface area contributed by atoms with Crippen LogP contribution in [-0.4, -0.2) is 9.97 Å². The third-order valence-electron chi connectivity index (χ3n) is 3.72. The van der Waals surface area contributed by atoms with E-state index in [1.807, 2.05) is 19.1 Å². The molecule has 4 aromatic rings. The Bertz CT molecular complexity index is 1020. The van der Waals surface area contributed by atoms with E-state index in [9.17, 15) is 0 Å². The van der Waals surface area contributed by atoms with Crippen LogP contribution in [-0.2, 0) is 0 Å². The molecular formula is C18H14N2S. The second-order valence-electron chi connectivity index (χ2n) is 4.99. The monoisotopic (exact) mass is 290 g/mol. The maximum Gasteiger partial charge on any atom is 0.125 e. The fourth-order valence-electron chi connectivity index (χ4n) is 2.79. The summed E-state index contributed by atoms with van der Waals surface area (Å²) in [5, 5.41) is 2.35. The first-order valence-electron chi connectivity index (χ1n) is 6.91. The minimum Gasteiger partial charge on any atom is -0.353 e. The predicted molar refractivity (Wildman–Crippen MR) is 93.8 cm³/mol. The van der Waals surface area contributed by atoms with E-state index >= 15 is 0 Å². The number of pyridine rings is 1. The number of H-pyrrole nitrogens is 1. The van der Waals surface area contributed by atoms with Crippen LogP contribution in [0.4, 0.5) is 0 Å². The number of aromatic amines is 1. The summed E-state index contributed by atoms with van der Waals surface area (Å²) < 4.78 is 0. The van der Waals surface area contributed by atoms with Gasteiger partial charge in [0.15, 0.2) is 0 Å². The highest BCUT2D eigenvalue weighted by Crippen LogP contribution is 2.35. The van der Waals surface area contributed by atoms with Gasteiger partial charge in [-0.15, -0.1) is 11.3 Å². The van der Waals surface area contributed by atoms with Crippen molar-refractivity contribution in [3.63, 3.8) is 0 Å². The van der Waals surface area contributed by atoms with Crippen LogP contribution in [0.15, 0.2) is 43.0 Å². The van der Waals surface area contributed by atoms with Crippen LogP contribution in [0.5, 0.6) is 0 Å². The zero-order chi connectivity index (χ0) is 14.4. The van der Waals surface area contributed by atoms with Crippen molar-refractivity contribution < 1.29 is 0 Å². The van der Waals surface area contributed by atoms with E-state index in [-0.39, 0.29) is 0 Å². The molecule has 0 atom stereocenters. The van der Waals surface area contributed by atoms with Crippen molar-refractivity contribution in [3.8, 4) is 0 Å². The number of aromatic nitrogens is 2. The average Bonchev–Trinajstić information content (AvgIpc) is 3.02. The summed E-state index contributed by atoms with van der Waals surface area (Å²) in [5.41, 5.74) is 4.42. The molecule has 0 spiro atoms. The Morgan fingerprint density at radius 3 is 2.86 bits per heavy atom. The van der Waals surface area contributed by atoms with Gasteiger partial charge < -0.3 is 4.98 Å². The second kappa shape index (κ2) is 4.57. The van der Waals surface area contributed by atoms with E-state index < -0.39 is 0 Å². The van der Waals surface area contributed by atoms with Gasteiger partial charge in [0.25, 0.3) is 0 Å². The van der Waals surface area contributed by atoms with Gasteiger partial charge in [-0.1, -0.05) is 36.9 Å². The lowest BCUT2D eigenvalue weighted by Crippen LogP contribution is -1.77. The van der Waals surface area contributed by atoms with Crippen molar-refractivity contribution in [1.82, 2.24) is 9.97 Å². The molecule has 3 heterocycles. The lowest BCUT2D eigenvalue weighted by atomic mass is 10.1. The van der Waals surface area contributed by atoms with Crippen molar-refractivity contribution in [2.75, 3.05) is 0 Å². The van der Waals surface area contributed by atoms with Crippen LogP contribution < -0.4 is 0 Å². The van der Waals surface area contributed by atoms with Crippen molar-refractivity contribution in [2.45, 2.75) is 6.92 Å². The van der Waals surface area contributed by atoms with Gasteiger partial charge in [-0.3, -0.25) is 0 Å². The fourth-order valence-corrected chi connectivity index (χ4v) is 3.92. The first kappa shape index (κ1) is 12.4. The number of fused-ring (bicyclic) bond motifs is 4.